The molecule has 129 valence electrons. The van der Waals surface area contributed by atoms with Gasteiger partial charge < -0.3 is 9.30 Å². The van der Waals surface area contributed by atoms with Crippen LogP contribution in [0.5, 0.6) is 5.75 Å². The zero-order valence-electron chi connectivity index (χ0n) is 13.2. The molecule has 25 heavy (non-hydrogen) atoms. The molecule has 1 radical (unpaired) electrons. The fourth-order valence-corrected chi connectivity index (χ4v) is 2.05. The van der Waals surface area contributed by atoms with Crippen molar-refractivity contribution in [2.45, 2.75) is 19.9 Å². The molecule has 1 heterocycles. The van der Waals surface area contributed by atoms with Crippen molar-refractivity contribution in [2.24, 2.45) is 0 Å². The van der Waals surface area contributed by atoms with Gasteiger partial charge in [-0.2, -0.15) is 12.1 Å². The summed E-state index contributed by atoms with van der Waals surface area (Å²) < 4.78 is 59.5. The first-order valence-electron chi connectivity index (χ1n) is 6.85. The van der Waals surface area contributed by atoms with E-state index in [0.29, 0.717) is 4.57 Å². The van der Waals surface area contributed by atoms with E-state index in [4.69, 9.17) is 4.74 Å². The normalized spacial score (nSPS) is 10.0. The van der Waals surface area contributed by atoms with Gasteiger partial charge in [0.2, 0.25) is 0 Å². The van der Waals surface area contributed by atoms with Gasteiger partial charge >= 0.3 is 0 Å². The summed E-state index contributed by atoms with van der Waals surface area (Å²) in [4.78, 5) is 11.7. The SMILES string of the molecule is CC#CCOc1cc(F)c(-c2[c-]ccc(=O)n2CC(F)F)c(F)c1.[Y]. The molecule has 0 N–H and O–H groups in total. The average molecular weight is 427 g/mol. The molecular formula is C17H12F4NO2Y-. The molecule has 0 fully saturated rings. The number of ether oxygens (including phenoxy) is 1. The van der Waals surface area contributed by atoms with Gasteiger partial charge in [0.15, 0.2) is 5.56 Å². The second-order valence-corrected chi connectivity index (χ2v) is 4.64. The molecule has 0 amide bonds. The van der Waals surface area contributed by atoms with Crippen LogP contribution in [-0.2, 0) is 39.3 Å². The van der Waals surface area contributed by atoms with Gasteiger partial charge in [0, 0.05) is 44.8 Å². The summed E-state index contributed by atoms with van der Waals surface area (Å²) in [5, 5.41) is 0. The second-order valence-electron chi connectivity index (χ2n) is 4.64. The standard InChI is InChI=1S/C17H12F4NO2.Y/c1-2-3-7-24-11-8-12(18)17(13(19)9-11)14-5-4-6-16(23)22(14)10-15(20)21;/h4,6,8-9,15H,7,10H2,1H3;/q-1;. The molecule has 0 aliphatic rings. The minimum absolute atomic E-state index is 0. The summed E-state index contributed by atoms with van der Waals surface area (Å²) in [5.41, 5.74) is -1.82. The first-order chi connectivity index (χ1) is 11.4. The van der Waals surface area contributed by atoms with Gasteiger partial charge in [0.1, 0.15) is 12.4 Å². The van der Waals surface area contributed by atoms with Crippen LogP contribution >= 0.6 is 0 Å². The van der Waals surface area contributed by atoms with Crippen LogP contribution in [0.3, 0.4) is 0 Å². The van der Waals surface area contributed by atoms with E-state index < -0.39 is 41.4 Å². The van der Waals surface area contributed by atoms with E-state index in [1.807, 2.05) is 0 Å². The first-order valence-corrected chi connectivity index (χ1v) is 6.85. The molecule has 0 atom stereocenters. The third-order valence-corrected chi connectivity index (χ3v) is 3.04. The van der Waals surface area contributed by atoms with Crippen molar-refractivity contribution in [3.05, 3.63) is 52.3 Å². The average Bonchev–Trinajstić information content (AvgIpc) is 2.50. The van der Waals surface area contributed by atoms with E-state index >= 15 is 0 Å². The number of rotatable bonds is 5. The molecule has 0 spiro atoms. The molecule has 3 nitrogen and oxygen atoms in total. The van der Waals surface area contributed by atoms with E-state index in [2.05, 4.69) is 17.9 Å². The smallest absolute Gasteiger partial charge is 0.256 e. The molecule has 0 saturated carbocycles. The summed E-state index contributed by atoms with van der Waals surface area (Å²) in [6.45, 7) is 0.540. The van der Waals surface area contributed by atoms with Crippen LogP contribution in [0.4, 0.5) is 17.6 Å². The Morgan fingerprint density at radius 1 is 1.28 bits per heavy atom. The Balaban J connectivity index is 0.00000312. The molecule has 0 aliphatic carbocycles. The Morgan fingerprint density at radius 2 is 1.92 bits per heavy atom. The molecule has 8 heteroatoms. The first kappa shape index (κ1) is 21.4. The Kier molecular flexibility index (Phi) is 8.33. The maximum atomic E-state index is 14.3. The van der Waals surface area contributed by atoms with Crippen LogP contribution in [0.2, 0.25) is 0 Å². The fraction of sp³-hybridized carbons (Fsp3) is 0.235. The Labute approximate surface area is 166 Å². The fourth-order valence-electron chi connectivity index (χ4n) is 2.05. The van der Waals surface area contributed by atoms with Crippen LogP contribution in [0.1, 0.15) is 6.92 Å². The summed E-state index contributed by atoms with van der Waals surface area (Å²) in [6, 6.07) is 6.35. The van der Waals surface area contributed by atoms with E-state index in [1.165, 1.54) is 0 Å². The largest absolute Gasteiger partial charge is 0.481 e. The van der Waals surface area contributed by atoms with Crippen molar-refractivity contribution in [1.82, 2.24) is 4.57 Å². The number of pyridine rings is 1. The van der Waals surface area contributed by atoms with Crippen LogP contribution in [0.25, 0.3) is 11.3 Å². The topological polar surface area (TPSA) is 31.2 Å². The number of hydrogen-bond donors (Lipinski definition) is 0. The number of halogens is 4. The molecule has 2 rings (SSSR count). The third-order valence-electron chi connectivity index (χ3n) is 3.04. The maximum absolute atomic E-state index is 14.3. The predicted molar refractivity (Wildman–Crippen MR) is 79.8 cm³/mol. The molecule has 0 aliphatic heterocycles. The molecule has 2 aromatic rings. The molecule has 0 bridgehead atoms. The zero-order valence-corrected chi connectivity index (χ0v) is 16.0. The third kappa shape index (κ3) is 5.42. The summed E-state index contributed by atoms with van der Waals surface area (Å²) in [5.74, 6) is 2.91. The quantitative estimate of drug-likeness (QED) is 0.417. The zero-order chi connectivity index (χ0) is 17.7. The summed E-state index contributed by atoms with van der Waals surface area (Å²) >= 11 is 0. The van der Waals surface area contributed by atoms with Crippen molar-refractivity contribution in [3.8, 4) is 28.8 Å². The van der Waals surface area contributed by atoms with Crippen LogP contribution in [0.15, 0.2) is 29.1 Å². The van der Waals surface area contributed by atoms with Gasteiger partial charge in [-0.05, 0) is 12.5 Å². The van der Waals surface area contributed by atoms with E-state index in [-0.39, 0.29) is 45.1 Å². The Bertz CT molecular complexity index is 833. The Morgan fingerprint density at radius 3 is 2.48 bits per heavy atom. The van der Waals surface area contributed by atoms with Crippen LogP contribution in [0, 0.1) is 29.5 Å². The van der Waals surface area contributed by atoms with Crippen molar-refractivity contribution in [3.63, 3.8) is 0 Å². The van der Waals surface area contributed by atoms with Crippen molar-refractivity contribution in [2.75, 3.05) is 6.61 Å². The van der Waals surface area contributed by atoms with Gasteiger partial charge in [-0.3, -0.25) is 4.79 Å². The molecule has 1 aromatic carbocycles. The molecular weight excluding hydrogens is 415 g/mol. The molecule has 1 aromatic heterocycles. The number of benzene rings is 1. The number of aromatic nitrogens is 1. The molecule has 0 unspecified atom stereocenters. The maximum Gasteiger partial charge on any atom is 0.256 e. The van der Waals surface area contributed by atoms with Gasteiger partial charge in [0.25, 0.3) is 6.43 Å². The van der Waals surface area contributed by atoms with Crippen LogP contribution in [-0.4, -0.2) is 17.6 Å². The number of hydrogen-bond acceptors (Lipinski definition) is 2. The number of alkyl halides is 2. The van der Waals surface area contributed by atoms with Gasteiger partial charge in [-0.25, -0.2) is 17.6 Å². The Hall–Kier alpha value is -1.65. The molecule has 0 saturated heterocycles. The van der Waals surface area contributed by atoms with E-state index in [1.54, 1.807) is 6.92 Å². The van der Waals surface area contributed by atoms with Crippen molar-refractivity contribution >= 4 is 0 Å². The van der Waals surface area contributed by atoms with Gasteiger partial charge in [-0.15, -0.1) is 5.92 Å². The van der Waals surface area contributed by atoms with Crippen molar-refractivity contribution < 1.29 is 55.0 Å². The summed E-state index contributed by atoms with van der Waals surface area (Å²) in [6.07, 6.45) is -2.86. The van der Waals surface area contributed by atoms with Gasteiger partial charge in [-0.1, -0.05) is 17.7 Å². The second kappa shape index (κ2) is 9.74. The van der Waals surface area contributed by atoms with Gasteiger partial charge in [0.05, 0.1) is 18.2 Å². The van der Waals surface area contributed by atoms with E-state index in [9.17, 15) is 22.4 Å². The van der Waals surface area contributed by atoms with Crippen LogP contribution < -0.4 is 10.3 Å². The van der Waals surface area contributed by atoms with E-state index in [0.717, 1.165) is 24.3 Å². The van der Waals surface area contributed by atoms with Crippen molar-refractivity contribution in [1.29, 1.82) is 0 Å². The number of nitrogens with zero attached hydrogens (tertiary/aromatic N) is 1. The predicted octanol–water partition coefficient (Wildman–Crippen LogP) is 3.26. The monoisotopic (exact) mass is 427 g/mol. The minimum Gasteiger partial charge on any atom is -0.481 e. The minimum atomic E-state index is -2.86. The summed E-state index contributed by atoms with van der Waals surface area (Å²) in [7, 11) is 0.